The third kappa shape index (κ3) is 3.62. The van der Waals surface area contributed by atoms with E-state index in [4.69, 9.17) is 0 Å². The van der Waals surface area contributed by atoms with E-state index < -0.39 is 23.7 Å². The standard InChI is InChI=1S/C16H18F3N3O3S/c1-9(23)21-15(14(24)25-2,16(17,18)19)22-13-11(8-20)10-6-4-3-5-7-12(10)26-13/h22H,3-7H2,1-2H3,(H,21,23). The number of nitrogens with one attached hydrogen (secondary N) is 2. The Kier molecular flexibility index (Phi) is 5.81. The van der Waals surface area contributed by atoms with Crippen molar-refractivity contribution in [2.75, 3.05) is 12.4 Å². The highest BCUT2D eigenvalue weighted by molar-refractivity contribution is 7.16. The predicted molar refractivity (Wildman–Crippen MR) is 88.5 cm³/mol. The topological polar surface area (TPSA) is 91.2 Å². The maximum atomic E-state index is 13.8. The highest BCUT2D eigenvalue weighted by atomic mass is 32.1. The molecule has 0 saturated heterocycles. The first-order valence-corrected chi connectivity index (χ1v) is 8.74. The third-order valence-electron chi connectivity index (χ3n) is 4.11. The molecule has 0 radical (unpaired) electrons. The van der Waals surface area contributed by atoms with Crippen LogP contribution in [0.1, 0.15) is 42.2 Å². The van der Waals surface area contributed by atoms with Gasteiger partial charge in [0.25, 0.3) is 0 Å². The number of rotatable bonds is 4. The Labute approximate surface area is 152 Å². The Hall–Kier alpha value is -2.28. The van der Waals surface area contributed by atoms with Crippen LogP contribution in [0.3, 0.4) is 0 Å². The number of fused-ring (bicyclic) bond motifs is 1. The molecule has 6 nitrogen and oxygen atoms in total. The molecular formula is C16H18F3N3O3S. The Morgan fingerprint density at radius 1 is 1.23 bits per heavy atom. The minimum Gasteiger partial charge on any atom is -0.466 e. The molecule has 2 rings (SSSR count). The molecule has 0 saturated carbocycles. The zero-order chi connectivity index (χ0) is 19.5. The van der Waals surface area contributed by atoms with E-state index >= 15 is 0 Å². The summed E-state index contributed by atoms with van der Waals surface area (Å²) in [5, 5.41) is 13.1. The second-order valence-corrected chi connectivity index (χ2v) is 7.03. The van der Waals surface area contributed by atoms with Crippen molar-refractivity contribution < 1.29 is 27.5 Å². The van der Waals surface area contributed by atoms with Crippen molar-refractivity contribution in [3.63, 3.8) is 0 Å². The summed E-state index contributed by atoms with van der Waals surface area (Å²) in [5.74, 6) is -2.79. The van der Waals surface area contributed by atoms with Crippen LogP contribution < -0.4 is 10.6 Å². The molecule has 1 heterocycles. The fraction of sp³-hybridized carbons (Fsp3) is 0.562. The monoisotopic (exact) mass is 389 g/mol. The average molecular weight is 389 g/mol. The van der Waals surface area contributed by atoms with Gasteiger partial charge in [-0.2, -0.15) is 18.4 Å². The molecule has 1 amide bonds. The summed E-state index contributed by atoms with van der Waals surface area (Å²) < 4.78 is 45.7. The summed E-state index contributed by atoms with van der Waals surface area (Å²) >= 11 is 1.01. The molecule has 26 heavy (non-hydrogen) atoms. The lowest BCUT2D eigenvalue weighted by atomic mass is 10.1. The fourth-order valence-corrected chi connectivity index (χ4v) is 4.22. The smallest absolute Gasteiger partial charge is 0.441 e. The summed E-state index contributed by atoms with van der Waals surface area (Å²) in [4.78, 5) is 24.2. The quantitative estimate of drug-likeness (QED) is 0.469. The van der Waals surface area contributed by atoms with Crippen molar-refractivity contribution in [1.82, 2.24) is 5.32 Å². The van der Waals surface area contributed by atoms with Gasteiger partial charge >= 0.3 is 17.8 Å². The first-order valence-electron chi connectivity index (χ1n) is 7.93. The molecule has 1 aliphatic carbocycles. The first kappa shape index (κ1) is 20.0. The van der Waals surface area contributed by atoms with Gasteiger partial charge < -0.3 is 15.4 Å². The van der Waals surface area contributed by atoms with Gasteiger partial charge in [0.05, 0.1) is 12.7 Å². The molecule has 2 N–H and O–H groups in total. The van der Waals surface area contributed by atoms with E-state index in [1.807, 2.05) is 6.07 Å². The van der Waals surface area contributed by atoms with Crippen LogP contribution in [0.5, 0.6) is 0 Å². The van der Waals surface area contributed by atoms with Gasteiger partial charge in [0.1, 0.15) is 11.1 Å². The van der Waals surface area contributed by atoms with Crippen molar-refractivity contribution in [3.05, 3.63) is 16.0 Å². The lowest BCUT2D eigenvalue weighted by Gasteiger charge is -2.34. The molecule has 0 spiro atoms. The van der Waals surface area contributed by atoms with E-state index in [9.17, 15) is 28.0 Å². The minimum absolute atomic E-state index is 0.0785. The van der Waals surface area contributed by atoms with Gasteiger partial charge in [0.2, 0.25) is 5.91 Å². The number of ether oxygens (including phenoxy) is 1. The summed E-state index contributed by atoms with van der Waals surface area (Å²) in [6, 6.07) is 1.93. The van der Waals surface area contributed by atoms with E-state index in [-0.39, 0.29) is 10.6 Å². The number of amides is 1. The average Bonchev–Trinajstić information content (AvgIpc) is 2.71. The first-order chi connectivity index (χ1) is 12.2. The van der Waals surface area contributed by atoms with Crippen molar-refractivity contribution in [3.8, 4) is 6.07 Å². The van der Waals surface area contributed by atoms with Crippen LogP contribution >= 0.6 is 11.3 Å². The van der Waals surface area contributed by atoms with Gasteiger partial charge in [-0.05, 0) is 31.2 Å². The number of carbonyl (C=O) groups excluding carboxylic acids is 2. The zero-order valence-corrected chi connectivity index (χ0v) is 15.1. The molecular weight excluding hydrogens is 371 g/mol. The Balaban J connectivity index is 2.57. The molecule has 0 fully saturated rings. The van der Waals surface area contributed by atoms with E-state index in [2.05, 4.69) is 10.1 Å². The highest BCUT2D eigenvalue weighted by Gasteiger charge is 2.63. The number of alkyl halides is 3. The summed E-state index contributed by atoms with van der Waals surface area (Å²) in [7, 11) is 0.793. The summed E-state index contributed by atoms with van der Waals surface area (Å²) in [5.41, 5.74) is -2.68. The lowest BCUT2D eigenvalue weighted by molar-refractivity contribution is -0.206. The summed E-state index contributed by atoms with van der Waals surface area (Å²) in [6.45, 7) is 0.861. The third-order valence-corrected chi connectivity index (χ3v) is 5.32. The number of aryl methyl sites for hydroxylation is 1. The number of hydrogen-bond acceptors (Lipinski definition) is 6. The van der Waals surface area contributed by atoms with Gasteiger partial charge in [0.15, 0.2) is 0 Å². The van der Waals surface area contributed by atoms with Crippen LogP contribution in [0.4, 0.5) is 18.2 Å². The van der Waals surface area contributed by atoms with Gasteiger partial charge in [-0.1, -0.05) is 6.42 Å². The number of thiophene rings is 1. The van der Waals surface area contributed by atoms with Crippen LogP contribution in [0.15, 0.2) is 0 Å². The SMILES string of the molecule is COC(=O)C(NC(C)=O)(Nc1sc2c(c1C#N)CCCCC2)C(F)(F)F. The molecule has 1 aromatic rings. The van der Waals surface area contributed by atoms with Crippen molar-refractivity contribution >= 4 is 28.2 Å². The van der Waals surface area contributed by atoms with Gasteiger partial charge in [-0.15, -0.1) is 11.3 Å². The molecule has 0 bridgehead atoms. The number of esters is 1. The van der Waals surface area contributed by atoms with E-state index in [0.29, 0.717) is 18.4 Å². The molecule has 10 heteroatoms. The number of anilines is 1. The van der Waals surface area contributed by atoms with Gasteiger partial charge in [-0.3, -0.25) is 4.79 Å². The Bertz CT molecular complexity index is 754. The largest absolute Gasteiger partial charge is 0.466 e. The van der Waals surface area contributed by atoms with Crippen LogP contribution in [-0.4, -0.2) is 30.8 Å². The molecule has 1 aromatic heterocycles. The fourth-order valence-electron chi connectivity index (χ4n) is 2.93. The van der Waals surface area contributed by atoms with E-state index in [1.54, 1.807) is 5.32 Å². The maximum absolute atomic E-state index is 13.8. The zero-order valence-electron chi connectivity index (χ0n) is 14.2. The Morgan fingerprint density at radius 3 is 2.42 bits per heavy atom. The van der Waals surface area contributed by atoms with Crippen LogP contribution in [-0.2, 0) is 27.2 Å². The molecule has 0 aromatic carbocycles. The number of nitriles is 1. The van der Waals surface area contributed by atoms with Crippen LogP contribution in [0.25, 0.3) is 0 Å². The number of hydrogen-bond donors (Lipinski definition) is 2. The predicted octanol–water partition coefficient (Wildman–Crippen LogP) is 2.87. The second kappa shape index (κ2) is 7.53. The lowest BCUT2D eigenvalue weighted by Crippen LogP contribution is -2.69. The molecule has 1 atom stereocenters. The maximum Gasteiger partial charge on any atom is 0.441 e. The summed E-state index contributed by atoms with van der Waals surface area (Å²) in [6.07, 6.45) is -1.24. The number of halogens is 3. The molecule has 0 aliphatic heterocycles. The molecule has 1 aliphatic rings. The number of nitrogens with zero attached hydrogens (tertiary/aromatic N) is 1. The normalized spacial score (nSPS) is 16.5. The molecule has 1 unspecified atom stereocenters. The van der Waals surface area contributed by atoms with Crippen molar-refractivity contribution in [2.45, 2.75) is 50.9 Å². The van der Waals surface area contributed by atoms with Crippen molar-refractivity contribution in [1.29, 1.82) is 5.26 Å². The molecule has 142 valence electrons. The highest BCUT2D eigenvalue weighted by Crippen LogP contribution is 2.41. The number of methoxy groups -OCH3 is 1. The van der Waals surface area contributed by atoms with Gasteiger partial charge in [-0.25, -0.2) is 4.79 Å². The van der Waals surface area contributed by atoms with Crippen LogP contribution in [0, 0.1) is 11.3 Å². The van der Waals surface area contributed by atoms with Crippen molar-refractivity contribution in [2.24, 2.45) is 0 Å². The van der Waals surface area contributed by atoms with E-state index in [0.717, 1.165) is 49.5 Å². The second-order valence-electron chi connectivity index (χ2n) is 5.93. The minimum atomic E-state index is -5.19. The Morgan fingerprint density at radius 2 is 1.88 bits per heavy atom. The number of carbonyl (C=O) groups is 2. The van der Waals surface area contributed by atoms with Gasteiger partial charge in [0, 0.05) is 11.8 Å². The van der Waals surface area contributed by atoms with E-state index in [1.165, 1.54) is 0 Å². The van der Waals surface area contributed by atoms with Crippen LogP contribution in [0.2, 0.25) is 0 Å².